The number of rotatable bonds is 5. The molecule has 0 fully saturated rings. The van der Waals surface area contributed by atoms with E-state index in [9.17, 15) is 4.39 Å². The van der Waals surface area contributed by atoms with Gasteiger partial charge in [0.25, 0.3) is 0 Å². The zero-order chi connectivity index (χ0) is 11.3. The lowest BCUT2D eigenvalue weighted by molar-refractivity contribution is 0.588. The van der Waals surface area contributed by atoms with Crippen molar-refractivity contribution >= 4 is 5.69 Å². The van der Waals surface area contributed by atoms with E-state index in [4.69, 9.17) is 0 Å². The van der Waals surface area contributed by atoms with Crippen LogP contribution in [-0.2, 0) is 0 Å². The number of nitrogens with one attached hydrogen (secondary N) is 1. The SMILES string of the molecule is CCN(CC(C)NC)c1cccc(F)c1. The highest BCUT2D eigenvalue weighted by Crippen LogP contribution is 2.15. The molecule has 0 aliphatic rings. The molecule has 2 nitrogen and oxygen atoms in total. The molecule has 0 aliphatic heterocycles. The number of hydrogen-bond acceptors (Lipinski definition) is 2. The molecule has 0 spiro atoms. The van der Waals surface area contributed by atoms with Crippen molar-refractivity contribution in [1.82, 2.24) is 5.32 Å². The second-order valence-corrected chi connectivity index (χ2v) is 3.71. The summed E-state index contributed by atoms with van der Waals surface area (Å²) in [6.07, 6.45) is 0. The summed E-state index contributed by atoms with van der Waals surface area (Å²) < 4.78 is 13.0. The summed E-state index contributed by atoms with van der Waals surface area (Å²) in [6, 6.07) is 7.13. The average Bonchev–Trinajstić information content (AvgIpc) is 2.25. The number of halogens is 1. The molecular weight excluding hydrogens is 191 g/mol. The second kappa shape index (κ2) is 5.71. The molecule has 1 N–H and O–H groups in total. The van der Waals surface area contributed by atoms with Crippen molar-refractivity contribution in [3.63, 3.8) is 0 Å². The second-order valence-electron chi connectivity index (χ2n) is 3.71. The molecule has 0 heterocycles. The Morgan fingerprint density at radius 1 is 1.47 bits per heavy atom. The summed E-state index contributed by atoms with van der Waals surface area (Å²) in [5, 5.41) is 3.18. The number of benzene rings is 1. The third kappa shape index (κ3) is 3.51. The molecule has 0 radical (unpaired) electrons. The van der Waals surface area contributed by atoms with E-state index in [1.165, 1.54) is 6.07 Å². The van der Waals surface area contributed by atoms with Crippen LogP contribution in [0, 0.1) is 5.82 Å². The molecule has 0 saturated carbocycles. The Morgan fingerprint density at radius 2 is 2.20 bits per heavy atom. The number of likely N-dealkylation sites (N-methyl/N-ethyl adjacent to an activating group) is 2. The summed E-state index contributed by atoms with van der Waals surface area (Å²) in [5.74, 6) is -0.178. The first kappa shape index (κ1) is 12.0. The van der Waals surface area contributed by atoms with Crippen LogP contribution < -0.4 is 10.2 Å². The molecule has 0 aromatic heterocycles. The van der Waals surface area contributed by atoms with Crippen LogP contribution in [-0.4, -0.2) is 26.2 Å². The summed E-state index contributed by atoms with van der Waals surface area (Å²) >= 11 is 0. The number of nitrogens with zero attached hydrogens (tertiary/aromatic N) is 1. The maximum Gasteiger partial charge on any atom is 0.125 e. The van der Waals surface area contributed by atoms with Crippen LogP contribution in [0.5, 0.6) is 0 Å². The topological polar surface area (TPSA) is 15.3 Å². The first-order chi connectivity index (χ1) is 7.17. The molecule has 84 valence electrons. The van der Waals surface area contributed by atoms with Gasteiger partial charge in [0.1, 0.15) is 5.82 Å². The van der Waals surface area contributed by atoms with E-state index in [0.717, 1.165) is 18.8 Å². The monoisotopic (exact) mass is 210 g/mol. The van der Waals surface area contributed by atoms with Crippen molar-refractivity contribution in [2.75, 3.05) is 25.0 Å². The Bertz CT molecular complexity index is 301. The Balaban J connectivity index is 2.73. The van der Waals surface area contributed by atoms with Crippen LogP contribution in [0.3, 0.4) is 0 Å². The van der Waals surface area contributed by atoms with Crippen LogP contribution in [0.2, 0.25) is 0 Å². The van der Waals surface area contributed by atoms with Crippen molar-refractivity contribution in [3.05, 3.63) is 30.1 Å². The molecule has 0 bridgehead atoms. The van der Waals surface area contributed by atoms with E-state index in [-0.39, 0.29) is 5.82 Å². The fraction of sp³-hybridized carbons (Fsp3) is 0.500. The highest BCUT2D eigenvalue weighted by atomic mass is 19.1. The normalized spacial score (nSPS) is 12.5. The van der Waals surface area contributed by atoms with E-state index < -0.39 is 0 Å². The summed E-state index contributed by atoms with van der Waals surface area (Å²) in [7, 11) is 1.93. The van der Waals surface area contributed by atoms with Crippen LogP contribution in [0.1, 0.15) is 13.8 Å². The van der Waals surface area contributed by atoms with Gasteiger partial charge in [-0.15, -0.1) is 0 Å². The van der Waals surface area contributed by atoms with Gasteiger partial charge in [0, 0.05) is 24.8 Å². The highest BCUT2D eigenvalue weighted by Gasteiger charge is 2.08. The number of hydrogen-bond donors (Lipinski definition) is 1. The van der Waals surface area contributed by atoms with E-state index in [2.05, 4.69) is 24.1 Å². The molecule has 1 rings (SSSR count). The zero-order valence-electron chi connectivity index (χ0n) is 9.63. The van der Waals surface area contributed by atoms with Gasteiger partial charge < -0.3 is 10.2 Å². The predicted molar refractivity (Wildman–Crippen MR) is 62.8 cm³/mol. The minimum absolute atomic E-state index is 0.178. The molecule has 1 aromatic carbocycles. The minimum Gasteiger partial charge on any atom is -0.370 e. The minimum atomic E-state index is -0.178. The van der Waals surface area contributed by atoms with Gasteiger partial charge >= 0.3 is 0 Å². The number of anilines is 1. The third-order valence-corrected chi connectivity index (χ3v) is 2.54. The highest BCUT2D eigenvalue weighted by molar-refractivity contribution is 5.46. The Morgan fingerprint density at radius 3 is 2.73 bits per heavy atom. The van der Waals surface area contributed by atoms with Gasteiger partial charge in [0.2, 0.25) is 0 Å². The van der Waals surface area contributed by atoms with Crippen molar-refractivity contribution in [2.24, 2.45) is 0 Å². The molecule has 3 heteroatoms. The standard InChI is InChI=1S/C12H19FN2/c1-4-15(9-10(2)14-3)12-7-5-6-11(13)8-12/h5-8,10,14H,4,9H2,1-3H3. The molecule has 1 aromatic rings. The first-order valence-corrected chi connectivity index (χ1v) is 5.35. The van der Waals surface area contributed by atoms with Gasteiger partial charge in [0.05, 0.1) is 0 Å². The smallest absolute Gasteiger partial charge is 0.125 e. The van der Waals surface area contributed by atoms with Crippen LogP contribution in [0.15, 0.2) is 24.3 Å². The fourth-order valence-corrected chi connectivity index (χ4v) is 1.51. The van der Waals surface area contributed by atoms with Crippen molar-refractivity contribution in [3.8, 4) is 0 Å². The average molecular weight is 210 g/mol. The molecule has 0 amide bonds. The van der Waals surface area contributed by atoms with Crippen molar-refractivity contribution in [1.29, 1.82) is 0 Å². The van der Waals surface area contributed by atoms with Gasteiger partial charge in [-0.05, 0) is 39.1 Å². The molecule has 1 unspecified atom stereocenters. The fourth-order valence-electron chi connectivity index (χ4n) is 1.51. The maximum atomic E-state index is 13.0. The van der Waals surface area contributed by atoms with Gasteiger partial charge in [-0.2, -0.15) is 0 Å². The van der Waals surface area contributed by atoms with Crippen LogP contribution >= 0.6 is 0 Å². The third-order valence-electron chi connectivity index (χ3n) is 2.54. The molecule has 15 heavy (non-hydrogen) atoms. The molecule has 0 aliphatic carbocycles. The van der Waals surface area contributed by atoms with E-state index >= 15 is 0 Å². The van der Waals surface area contributed by atoms with E-state index in [1.54, 1.807) is 12.1 Å². The summed E-state index contributed by atoms with van der Waals surface area (Å²) in [6.45, 7) is 5.96. The van der Waals surface area contributed by atoms with Crippen LogP contribution in [0.25, 0.3) is 0 Å². The quantitative estimate of drug-likeness (QED) is 0.802. The lowest BCUT2D eigenvalue weighted by Gasteiger charge is -2.26. The first-order valence-electron chi connectivity index (χ1n) is 5.35. The van der Waals surface area contributed by atoms with Crippen molar-refractivity contribution < 1.29 is 4.39 Å². The predicted octanol–water partition coefficient (Wildman–Crippen LogP) is 2.26. The van der Waals surface area contributed by atoms with Crippen LogP contribution in [0.4, 0.5) is 10.1 Å². The lowest BCUT2D eigenvalue weighted by Crippen LogP contribution is -2.37. The Kier molecular flexibility index (Phi) is 4.56. The zero-order valence-corrected chi connectivity index (χ0v) is 9.63. The largest absolute Gasteiger partial charge is 0.370 e. The van der Waals surface area contributed by atoms with Crippen molar-refractivity contribution in [2.45, 2.75) is 19.9 Å². The van der Waals surface area contributed by atoms with E-state index in [0.29, 0.717) is 6.04 Å². The van der Waals surface area contributed by atoms with Gasteiger partial charge in [-0.1, -0.05) is 6.07 Å². The Labute approximate surface area is 91.1 Å². The van der Waals surface area contributed by atoms with Gasteiger partial charge in [-0.3, -0.25) is 0 Å². The Hall–Kier alpha value is -1.09. The summed E-state index contributed by atoms with van der Waals surface area (Å²) in [5.41, 5.74) is 0.944. The van der Waals surface area contributed by atoms with Gasteiger partial charge in [0.15, 0.2) is 0 Å². The lowest BCUT2D eigenvalue weighted by atomic mass is 10.2. The van der Waals surface area contributed by atoms with Gasteiger partial charge in [-0.25, -0.2) is 4.39 Å². The molecule has 0 saturated heterocycles. The van der Waals surface area contributed by atoms with E-state index in [1.807, 2.05) is 13.1 Å². The molecule has 1 atom stereocenters. The molecular formula is C12H19FN2. The maximum absolute atomic E-state index is 13.0. The summed E-state index contributed by atoms with van der Waals surface area (Å²) in [4.78, 5) is 2.16.